The number of nitrogens with two attached hydrogens (primary N) is 1. The van der Waals surface area contributed by atoms with Gasteiger partial charge in [-0.2, -0.15) is 4.73 Å². The van der Waals surface area contributed by atoms with Crippen molar-refractivity contribution in [3.8, 4) is 0 Å². The molecule has 0 amide bonds. The van der Waals surface area contributed by atoms with Crippen molar-refractivity contribution in [2.45, 2.75) is 12.8 Å². The first kappa shape index (κ1) is 11.8. The van der Waals surface area contributed by atoms with Crippen LogP contribution in [0.3, 0.4) is 0 Å². The van der Waals surface area contributed by atoms with Crippen LogP contribution < -0.4 is 10.5 Å². The molecule has 0 fully saturated rings. The van der Waals surface area contributed by atoms with Crippen molar-refractivity contribution in [1.29, 1.82) is 0 Å². The molecule has 0 spiro atoms. The van der Waals surface area contributed by atoms with Gasteiger partial charge in [-0.3, -0.25) is 10.1 Å². The zero-order valence-corrected chi connectivity index (χ0v) is 9.37. The van der Waals surface area contributed by atoms with E-state index in [1.165, 1.54) is 6.33 Å². The Hall–Kier alpha value is -2.64. The molecule has 2 aromatic rings. The molecule has 2 rings (SSSR count). The van der Waals surface area contributed by atoms with E-state index in [0.29, 0.717) is 17.6 Å². The Morgan fingerprint density at radius 1 is 1.50 bits per heavy atom. The first-order valence-electron chi connectivity index (χ1n) is 5.21. The summed E-state index contributed by atoms with van der Waals surface area (Å²) in [7, 11) is 0. The summed E-state index contributed by atoms with van der Waals surface area (Å²) in [6, 6.07) is 1.10. The minimum absolute atomic E-state index is 0.0861. The number of hydrogen-bond acceptors (Lipinski definition) is 5. The average molecular weight is 249 g/mol. The van der Waals surface area contributed by atoms with Gasteiger partial charge in [-0.05, 0) is 6.42 Å². The first-order chi connectivity index (χ1) is 8.59. The predicted molar refractivity (Wildman–Crippen MR) is 62.5 cm³/mol. The molecule has 0 aliphatic rings. The molecule has 0 saturated heterocycles. The fourth-order valence-electron chi connectivity index (χ4n) is 1.66. The molecule has 8 heteroatoms. The second-order valence-electron chi connectivity index (χ2n) is 3.72. The van der Waals surface area contributed by atoms with E-state index in [4.69, 9.17) is 5.73 Å². The summed E-state index contributed by atoms with van der Waals surface area (Å²) in [6.45, 7) is 0. The highest BCUT2D eigenvalue weighted by Crippen LogP contribution is 2.22. The van der Waals surface area contributed by atoms with Crippen LogP contribution in [0.25, 0.3) is 0 Å². The summed E-state index contributed by atoms with van der Waals surface area (Å²) in [5.41, 5.74) is 6.33. The van der Waals surface area contributed by atoms with Gasteiger partial charge >= 0.3 is 5.69 Å². The number of nitrogens with one attached hydrogen (secondary N) is 1. The predicted octanol–water partition coefficient (Wildman–Crippen LogP) is 0.319. The minimum atomic E-state index is -0.602. The number of pyridine rings is 1. The summed E-state index contributed by atoms with van der Waals surface area (Å²) in [5.74, 6) is 0. The van der Waals surface area contributed by atoms with Crippen molar-refractivity contribution >= 4 is 11.4 Å². The number of H-pyrrole nitrogens is 1. The normalized spacial score (nSPS) is 10.4. The maximum absolute atomic E-state index is 11.6. The van der Waals surface area contributed by atoms with Crippen molar-refractivity contribution in [3.63, 3.8) is 0 Å². The second-order valence-corrected chi connectivity index (χ2v) is 3.72. The Kier molecular flexibility index (Phi) is 3.09. The maximum atomic E-state index is 11.6. The molecule has 8 nitrogen and oxygen atoms in total. The highest BCUT2D eigenvalue weighted by molar-refractivity contribution is 5.58. The summed E-state index contributed by atoms with van der Waals surface area (Å²) < 4.78 is 0.554. The molecule has 0 saturated carbocycles. The number of anilines is 1. The summed E-state index contributed by atoms with van der Waals surface area (Å²) in [5, 5.41) is 22.3. The Balaban J connectivity index is 2.26. The van der Waals surface area contributed by atoms with Crippen molar-refractivity contribution in [2.75, 3.05) is 5.73 Å². The van der Waals surface area contributed by atoms with Crippen LogP contribution in [0.1, 0.15) is 11.4 Å². The molecule has 18 heavy (non-hydrogen) atoms. The smallest absolute Gasteiger partial charge is 0.304 e. The van der Waals surface area contributed by atoms with E-state index in [-0.39, 0.29) is 17.1 Å². The topological polar surface area (TPSA) is 125 Å². The molecule has 2 aromatic heterocycles. The van der Waals surface area contributed by atoms with Gasteiger partial charge in [-0.15, -0.1) is 0 Å². The number of imidazole rings is 1. The molecule has 3 N–H and O–H groups in total. The molecule has 0 radical (unpaired) electrons. The van der Waals surface area contributed by atoms with Crippen LogP contribution in [0.15, 0.2) is 24.8 Å². The molecule has 0 unspecified atom stereocenters. The molecule has 0 bridgehead atoms. The number of rotatable bonds is 4. The van der Waals surface area contributed by atoms with Gasteiger partial charge in [0.2, 0.25) is 5.69 Å². The van der Waals surface area contributed by atoms with Gasteiger partial charge in [0.1, 0.15) is 0 Å². The lowest BCUT2D eigenvalue weighted by atomic mass is 10.1. The quantitative estimate of drug-likeness (QED) is 0.349. The molecule has 0 aliphatic carbocycles. The van der Waals surface area contributed by atoms with Crippen LogP contribution in [0, 0.1) is 15.3 Å². The zero-order valence-electron chi connectivity index (χ0n) is 9.37. The van der Waals surface area contributed by atoms with Crippen LogP contribution in [0.2, 0.25) is 0 Å². The first-order valence-corrected chi connectivity index (χ1v) is 5.21. The van der Waals surface area contributed by atoms with E-state index in [2.05, 4.69) is 9.97 Å². The van der Waals surface area contributed by atoms with Gasteiger partial charge in [-0.25, -0.2) is 4.98 Å². The summed E-state index contributed by atoms with van der Waals surface area (Å²) >= 11 is 0. The number of aromatic amines is 1. The Morgan fingerprint density at radius 2 is 2.28 bits per heavy atom. The monoisotopic (exact) mass is 249 g/mol. The molecule has 0 aromatic carbocycles. The van der Waals surface area contributed by atoms with E-state index in [1.54, 1.807) is 6.20 Å². The van der Waals surface area contributed by atoms with Crippen LogP contribution in [0.5, 0.6) is 0 Å². The van der Waals surface area contributed by atoms with E-state index in [0.717, 1.165) is 18.0 Å². The third kappa shape index (κ3) is 2.21. The van der Waals surface area contributed by atoms with Gasteiger partial charge in [-0.1, -0.05) is 0 Å². The lowest BCUT2D eigenvalue weighted by Gasteiger charge is -2.06. The molecule has 0 aliphatic heterocycles. The third-order valence-electron chi connectivity index (χ3n) is 2.60. The molecular formula is C10H11N5O3. The van der Waals surface area contributed by atoms with Crippen molar-refractivity contribution in [2.24, 2.45) is 0 Å². The average Bonchev–Trinajstić information content (AvgIpc) is 2.81. The van der Waals surface area contributed by atoms with E-state index >= 15 is 0 Å². The molecule has 2 heterocycles. The second kappa shape index (κ2) is 4.70. The zero-order chi connectivity index (χ0) is 13.1. The van der Waals surface area contributed by atoms with Crippen LogP contribution in [-0.4, -0.2) is 14.9 Å². The standard InChI is InChI=1S/C10H11N5O3/c11-10-8(2-1-7-5-12-6-13-7)14(16)4-3-9(10)15(17)18/h3-6H,1-2,11H2,(H,12,13). The maximum Gasteiger partial charge on any atom is 0.304 e. The van der Waals surface area contributed by atoms with Gasteiger partial charge in [0, 0.05) is 18.3 Å². The lowest BCUT2D eigenvalue weighted by Crippen LogP contribution is -2.33. The summed E-state index contributed by atoms with van der Waals surface area (Å²) in [6.07, 6.45) is 5.06. The molecule has 94 valence electrons. The lowest BCUT2D eigenvalue weighted by molar-refractivity contribution is -0.613. The molecular weight excluding hydrogens is 238 g/mol. The van der Waals surface area contributed by atoms with Gasteiger partial charge in [0.15, 0.2) is 11.9 Å². The number of hydrogen-bond donors (Lipinski definition) is 2. The van der Waals surface area contributed by atoms with E-state index < -0.39 is 4.92 Å². The third-order valence-corrected chi connectivity index (χ3v) is 2.60. The van der Waals surface area contributed by atoms with Crippen LogP contribution in [0.4, 0.5) is 11.4 Å². The highest BCUT2D eigenvalue weighted by Gasteiger charge is 2.22. The van der Waals surface area contributed by atoms with Crippen molar-refractivity contribution < 1.29 is 9.65 Å². The number of nitrogen functional groups attached to an aromatic ring is 1. The van der Waals surface area contributed by atoms with Crippen LogP contribution >= 0.6 is 0 Å². The Bertz CT molecular complexity index is 567. The number of aromatic nitrogens is 3. The van der Waals surface area contributed by atoms with Crippen LogP contribution in [-0.2, 0) is 12.8 Å². The Morgan fingerprint density at radius 3 is 2.89 bits per heavy atom. The fraction of sp³-hybridized carbons (Fsp3) is 0.200. The van der Waals surface area contributed by atoms with Crippen molar-refractivity contribution in [1.82, 2.24) is 9.97 Å². The minimum Gasteiger partial charge on any atom is -0.618 e. The van der Waals surface area contributed by atoms with Gasteiger partial charge in [0.05, 0.1) is 17.3 Å². The summed E-state index contributed by atoms with van der Waals surface area (Å²) in [4.78, 5) is 16.8. The largest absolute Gasteiger partial charge is 0.618 e. The highest BCUT2D eigenvalue weighted by atomic mass is 16.6. The number of aryl methyl sites for hydroxylation is 1. The van der Waals surface area contributed by atoms with Gasteiger partial charge in [0.25, 0.3) is 0 Å². The Labute approximate surface area is 102 Å². The van der Waals surface area contributed by atoms with Crippen molar-refractivity contribution in [3.05, 3.63) is 51.5 Å². The van der Waals surface area contributed by atoms with E-state index in [9.17, 15) is 15.3 Å². The fourth-order valence-corrected chi connectivity index (χ4v) is 1.66. The van der Waals surface area contributed by atoms with E-state index in [1.807, 2.05) is 0 Å². The number of nitro groups is 1. The molecule has 0 atom stereocenters. The number of nitrogens with zero attached hydrogens (tertiary/aromatic N) is 3. The SMILES string of the molecule is Nc1c([N+](=O)[O-])cc[n+]([O-])c1CCc1cnc[nH]1. The van der Waals surface area contributed by atoms with Gasteiger partial charge < -0.3 is 15.9 Å².